The van der Waals surface area contributed by atoms with Gasteiger partial charge in [0.25, 0.3) is 0 Å². The number of hydrogen-bond donors (Lipinski definition) is 0. The van der Waals surface area contributed by atoms with Gasteiger partial charge in [-0.1, -0.05) is 0 Å². The molecule has 0 N–H and O–H groups in total. The van der Waals surface area contributed by atoms with Crippen LogP contribution in [-0.2, 0) is 3.07 Å². The van der Waals surface area contributed by atoms with Gasteiger partial charge in [0, 0.05) is 0 Å². The molecule has 2 heterocycles. The van der Waals surface area contributed by atoms with Gasteiger partial charge in [-0.05, 0) is 0 Å². The van der Waals surface area contributed by atoms with Crippen LogP contribution in [-0.4, -0.2) is 24.8 Å². The van der Waals surface area contributed by atoms with E-state index >= 15 is 0 Å². The van der Waals surface area contributed by atoms with Crippen LogP contribution in [0.1, 0.15) is 19.8 Å². The van der Waals surface area contributed by atoms with Crippen molar-refractivity contribution in [1.82, 2.24) is 0 Å². The van der Waals surface area contributed by atoms with E-state index in [-0.39, 0.29) is 21.6 Å². The van der Waals surface area contributed by atoms with Gasteiger partial charge >= 0.3 is 114 Å². The van der Waals surface area contributed by atoms with Crippen molar-refractivity contribution in [2.75, 3.05) is 12.9 Å². The van der Waals surface area contributed by atoms with Gasteiger partial charge in [-0.25, -0.2) is 0 Å². The van der Waals surface area contributed by atoms with Crippen molar-refractivity contribution in [3.63, 3.8) is 0 Å². The molecule has 3 unspecified atom stereocenters. The molecule has 6 heteroatoms. The van der Waals surface area contributed by atoms with Gasteiger partial charge in [0.2, 0.25) is 0 Å². The summed E-state index contributed by atoms with van der Waals surface area (Å²) in [5.41, 5.74) is 0. The molecule has 84 valence electrons. The number of fused-ring (bicyclic) bond motifs is 1. The van der Waals surface area contributed by atoms with Gasteiger partial charge in [-0.15, -0.1) is 0 Å². The molecular formula is C8H14IOS4-. The molecule has 3 atom stereocenters. The molecule has 1 nitrogen and oxygen atoms in total. The molecule has 0 amide bonds. The Hall–Kier alpha value is 2.09. The molecule has 0 aliphatic carbocycles. The first-order valence-electron chi connectivity index (χ1n) is 4.60. The van der Waals surface area contributed by atoms with E-state index in [1.807, 2.05) is 7.11 Å². The Balaban J connectivity index is 1.92. The molecule has 2 fully saturated rings. The van der Waals surface area contributed by atoms with Gasteiger partial charge in [0.1, 0.15) is 0 Å². The maximum atomic E-state index is 5.45. The van der Waals surface area contributed by atoms with E-state index in [0.717, 1.165) is 9.83 Å². The molecule has 0 spiro atoms. The summed E-state index contributed by atoms with van der Waals surface area (Å²) < 4.78 is 6.71. The fourth-order valence-electron chi connectivity index (χ4n) is 1.33. The van der Waals surface area contributed by atoms with Crippen molar-refractivity contribution in [1.29, 1.82) is 0 Å². The van der Waals surface area contributed by atoms with Crippen molar-refractivity contribution in [2.45, 2.75) is 31.7 Å². The van der Waals surface area contributed by atoms with Crippen LogP contribution in [0, 0.1) is 0 Å². The summed E-state index contributed by atoms with van der Waals surface area (Å²) in [6.45, 7) is 2.33. The van der Waals surface area contributed by atoms with E-state index in [1.54, 1.807) is 0 Å². The normalized spacial score (nSPS) is 43.6. The maximum absolute atomic E-state index is 5.45. The molecule has 0 saturated carbocycles. The number of thioether (sulfide) groups is 2. The van der Waals surface area contributed by atoms with Crippen LogP contribution in [0.5, 0.6) is 0 Å². The Morgan fingerprint density at radius 2 is 2.36 bits per heavy atom. The molecular weight excluding hydrogens is 367 g/mol. The van der Waals surface area contributed by atoms with E-state index in [0.29, 0.717) is 2.09 Å². The zero-order chi connectivity index (χ0) is 10.0. The van der Waals surface area contributed by atoms with E-state index in [4.69, 9.17) is 3.07 Å². The number of halogens is 1. The van der Waals surface area contributed by atoms with Crippen molar-refractivity contribution in [3.05, 3.63) is 0 Å². The predicted octanol–water partition coefficient (Wildman–Crippen LogP) is 0.660. The predicted molar refractivity (Wildman–Crippen MR) is 67.5 cm³/mol. The first-order chi connectivity index (χ1) is 6.77. The van der Waals surface area contributed by atoms with Gasteiger partial charge in [-0.2, -0.15) is 0 Å². The fourth-order valence-corrected chi connectivity index (χ4v) is 12.5. The van der Waals surface area contributed by atoms with Gasteiger partial charge in [0.15, 0.2) is 0 Å². The second kappa shape index (κ2) is 5.62. The molecule has 14 heavy (non-hydrogen) atoms. The Morgan fingerprint density at radius 3 is 3.14 bits per heavy atom. The second-order valence-corrected chi connectivity index (χ2v) is 13.9. The molecule has 0 aromatic carbocycles. The summed E-state index contributed by atoms with van der Waals surface area (Å²) in [6, 6.07) is 0. The summed E-state index contributed by atoms with van der Waals surface area (Å²) in [5.74, 6) is 1.34. The number of hydrogen-bond acceptors (Lipinski definition) is 5. The summed E-state index contributed by atoms with van der Waals surface area (Å²) in [4.78, 5) is 0. The van der Waals surface area contributed by atoms with Crippen LogP contribution in [0.2, 0.25) is 0 Å². The third kappa shape index (κ3) is 3.06. The van der Waals surface area contributed by atoms with Crippen molar-refractivity contribution in [3.8, 4) is 0 Å². The van der Waals surface area contributed by atoms with Crippen LogP contribution in [0.3, 0.4) is 0 Å². The molecule has 0 aromatic heterocycles. The summed E-state index contributed by atoms with van der Waals surface area (Å²) in [7, 11) is 6.03. The fraction of sp³-hybridized carbons (Fsp3) is 1.00. The van der Waals surface area contributed by atoms with Gasteiger partial charge in [0.05, 0.1) is 0 Å². The summed E-state index contributed by atoms with van der Waals surface area (Å²) >= 11 is 4.21. The van der Waals surface area contributed by atoms with Crippen LogP contribution in [0.25, 0.3) is 0 Å². The Bertz CT molecular complexity index is 204. The van der Waals surface area contributed by atoms with E-state index in [1.165, 1.54) is 18.6 Å². The van der Waals surface area contributed by atoms with Crippen molar-refractivity contribution in [2.24, 2.45) is 0 Å². The van der Waals surface area contributed by atoms with E-state index in [2.05, 4.69) is 52.0 Å². The van der Waals surface area contributed by atoms with Crippen molar-refractivity contribution < 1.29 is 24.7 Å². The molecule has 0 bridgehead atoms. The average Bonchev–Trinajstić information content (AvgIpc) is 2.83. The van der Waals surface area contributed by atoms with Crippen LogP contribution in [0.4, 0.5) is 0 Å². The number of rotatable bonds is 2. The van der Waals surface area contributed by atoms with Gasteiger partial charge < -0.3 is 0 Å². The van der Waals surface area contributed by atoms with Crippen LogP contribution < -0.4 is 21.6 Å². The third-order valence-electron chi connectivity index (χ3n) is 2.08. The zero-order valence-electron chi connectivity index (χ0n) is 8.20. The molecule has 0 aromatic rings. The monoisotopic (exact) mass is 381 g/mol. The van der Waals surface area contributed by atoms with Crippen LogP contribution in [0.15, 0.2) is 0 Å². The van der Waals surface area contributed by atoms with E-state index in [9.17, 15) is 0 Å². The first kappa shape index (κ1) is 12.5. The standard InChI is InChI=1S/C8H14IOS4/c1-6-11-5-3-4-7-8(12-7,9-10-2)14-13-6/h6-7H,3-5H2,1-2H3/q-1. The Morgan fingerprint density at radius 1 is 1.50 bits per heavy atom. The van der Waals surface area contributed by atoms with Crippen molar-refractivity contribution >= 4 is 45.1 Å². The zero-order valence-corrected chi connectivity index (χ0v) is 13.6. The Kier molecular flexibility index (Phi) is 5.03. The minimum atomic E-state index is -0.0683. The average molecular weight is 381 g/mol. The van der Waals surface area contributed by atoms with Gasteiger partial charge in [-0.3, -0.25) is 0 Å². The molecule has 2 aliphatic heterocycles. The minimum absolute atomic E-state index is 0.0683. The van der Waals surface area contributed by atoms with Crippen LogP contribution >= 0.6 is 45.1 Å². The Labute approximate surface area is 113 Å². The topological polar surface area (TPSA) is 9.23 Å². The second-order valence-electron chi connectivity index (χ2n) is 3.18. The molecule has 2 rings (SSSR count). The molecule has 2 aliphatic rings. The number of alkyl halides is 1. The first-order valence-corrected chi connectivity index (χ1v) is 10.7. The third-order valence-corrected chi connectivity index (χ3v) is 14.6. The SMILES string of the molecule is CO[I-]C12SSC(C)SCCCC1S2. The summed E-state index contributed by atoms with van der Waals surface area (Å²) in [5, 5.41) is 0.902. The molecule has 2 saturated heterocycles. The summed E-state index contributed by atoms with van der Waals surface area (Å²) in [6.07, 6.45) is 2.80. The van der Waals surface area contributed by atoms with E-state index < -0.39 is 0 Å². The quantitative estimate of drug-likeness (QED) is 0.300. The molecule has 0 radical (unpaired) electrons.